The lowest BCUT2D eigenvalue weighted by Gasteiger charge is -2.04. The number of hydrogen-bond acceptors (Lipinski definition) is 5. The highest BCUT2D eigenvalue weighted by Crippen LogP contribution is 2.28. The number of hydrogen-bond donors (Lipinski definition) is 1. The molecule has 3 heterocycles. The van der Waals surface area contributed by atoms with Crippen molar-refractivity contribution >= 4 is 11.3 Å². The molecule has 0 spiro atoms. The lowest BCUT2D eigenvalue weighted by atomic mass is 10.2. The molecule has 1 N–H and O–H groups in total. The first-order valence-corrected chi connectivity index (χ1v) is 6.26. The molecule has 1 atom stereocenters. The summed E-state index contributed by atoms with van der Waals surface area (Å²) in [7, 11) is 0. The largest absolute Gasteiger partial charge is 0.309 e. The van der Waals surface area contributed by atoms with Gasteiger partial charge in [0.25, 0.3) is 0 Å². The van der Waals surface area contributed by atoms with Crippen LogP contribution in [0.1, 0.15) is 24.6 Å². The average Bonchev–Trinajstić information content (AvgIpc) is 3.01. The van der Waals surface area contributed by atoms with E-state index in [0.29, 0.717) is 6.04 Å². The average molecular weight is 232 g/mol. The molecule has 1 unspecified atom stereocenters. The lowest BCUT2D eigenvalue weighted by Crippen LogP contribution is -2.12. The van der Waals surface area contributed by atoms with Gasteiger partial charge in [-0.05, 0) is 19.4 Å². The highest BCUT2D eigenvalue weighted by atomic mass is 32.1. The van der Waals surface area contributed by atoms with Gasteiger partial charge in [0.15, 0.2) is 0 Å². The van der Waals surface area contributed by atoms with E-state index < -0.39 is 0 Å². The maximum absolute atomic E-state index is 4.62. The van der Waals surface area contributed by atoms with Gasteiger partial charge in [-0.15, -0.1) is 11.3 Å². The Bertz CT molecular complexity index is 462. The monoisotopic (exact) mass is 232 g/mol. The van der Waals surface area contributed by atoms with E-state index in [2.05, 4.69) is 25.6 Å². The summed E-state index contributed by atoms with van der Waals surface area (Å²) in [6.07, 6.45) is 7.55. The van der Waals surface area contributed by atoms with Crippen LogP contribution in [0.3, 0.4) is 0 Å². The molecule has 2 aromatic rings. The predicted molar refractivity (Wildman–Crippen MR) is 63.1 cm³/mol. The summed E-state index contributed by atoms with van der Waals surface area (Å²) in [6, 6.07) is 0.432. The number of rotatable bonds is 2. The van der Waals surface area contributed by atoms with Crippen molar-refractivity contribution < 1.29 is 0 Å². The quantitative estimate of drug-likeness (QED) is 0.860. The van der Waals surface area contributed by atoms with E-state index in [4.69, 9.17) is 0 Å². The second-order valence-corrected chi connectivity index (χ2v) is 4.68. The van der Waals surface area contributed by atoms with Crippen LogP contribution in [-0.2, 0) is 0 Å². The van der Waals surface area contributed by atoms with Gasteiger partial charge in [0.05, 0.1) is 17.9 Å². The molecule has 0 amide bonds. The number of aromatic nitrogens is 3. The van der Waals surface area contributed by atoms with Crippen LogP contribution in [0.5, 0.6) is 0 Å². The molecule has 1 fully saturated rings. The Kier molecular flexibility index (Phi) is 2.63. The first-order valence-electron chi connectivity index (χ1n) is 5.39. The first kappa shape index (κ1) is 9.86. The second-order valence-electron chi connectivity index (χ2n) is 3.82. The third-order valence-electron chi connectivity index (χ3n) is 2.72. The Labute approximate surface area is 97.8 Å². The summed E-state index contributed by atoms with van der Waals surface area (Å²) < 4.78 is 0. The van der Waals surface area contributed by atoms with Crippen molar-refractivity contribution in [3.63, 3.8) is 0 Å². The minimum absolute atomic E-state index is 0.432. The van der Waals surface area contributed by atoms with E-state index in [1.165, 1.54) is 12.8 Å². The molecule has 0 aromatic carbocycles. The Hall–Kier alpha value is -1.33. The van der Waals surface area contributed by atoms with Crippen molar-refractivity contribution in [1.29, 1.82) is 0 Å². The molecular weight excluding hydrogens is 220 g/mol. The minimum atomic E-state index is 0.432. The summed E-state index contributed by atoms with van der Waals surface area (Å²) in [6.45, 7) is 1.10. The van der Waals surface area contributed by atoms with Gasteiger partial charge < -0.3 is 5.32 Å². The van der Waals surface area contributed by atoms with E-state index in [-0.39, 0.29) is 0 Å². The van der Waals surface area contributed by atoms with E-state index >= 15 is 0 Å². The van der Waals surface area contributed by atoms with Crippen molar-refractivity contribution in [2.24, 2.45) is 0 Å². The molecular formula is C11H12N4S. The summed E-state index contributed by atoms with van der Waals surface area (Å²) in [4.78, 5) is 12.9. The van der Waals surface area contributed by atoms with Gasteiger partial charge in [-0.3, -0.25) is 9.97 Å². The zero-order chi connectivity index (χ0) is 10.8. The van der Waals surface area contributed by atoms with Gasteiger partial charge in [0.2, 0.25) is 0 Å². The molecule has 1 aliphatic rings. The molecule has 0 saturated carbocycles. The fourth-order valence-electron chi connectivity index (χ4n) is 1.91. The van der Waals surface area contributed by atoms with Crippen LogP contribution < -0.4 is 5.32 Å². The molecule has 1 aliphatic heterocycles. The summed E-state index contributed by atoms with van der Waals surface area (Å²) in [5, 5.41) is 6.52. The fourth-order valence-corrected chi connectivity index (χ4v) is 2.74. The standard InChI is InChI=1S/C11H12N4S/c1-2-8(13-3-1)10-7-16-11(15-10)9-6-12-4-5-14-9/h4-8,13H,1-3H2. The normalized spacial score (nSPS) is 20.1. The minimum Gasteiger partial charge on any atom is -0.309 e. The molecule has 4 nitrogen and oxygen atoms in total. The third kappa shape index (κ3) is 1.83. The van der Waals surface area contributed by atoms with Crippen molar-refractivity contribution in [1.82, 2.24) is 20.3 Å². The number of thiazole rings is 1. The number of nitrogens with one attached hydrogen (secondary N) is 1. The topological polar surface area (TPSA) is 50.7 Å². The van der Waals surface area contributed by atoms with Crippen LogP contribution in [-0.4, -0.2) is 21.5 Å². The van der Waals surface area contributed by atoms with E-state index in [1.807, 2.05) is 0 Å². The Morgan fingerprint density at radius 3 is 3.12 bits per heavy atom. The molecule has 5 heteroatoms. The molecule has 1 saturated heterocycles. The van der Waals surface area contributed by atoms with Gasteiger partial charge in [-0.25, -0.2) is 4.98 Å². The van der Waals surface area contributed by atoms with Crippen LogP contribution in [0, 0.1) is 0 Å². The van der Waals surface area contributed by atoms with Crippen molar-refractivity contribution in [3.8, 4) is 10.7 Å². The fraction of sp³-hybridized carbons (Fsp3) is 0.364. The third-order valence-corrected chi connectivity index (χ3v) is 3.60. The summed E-state index contributed by atoms with van der Waals surface area (Å²) >= 11 is 1.64. The predicted octanol–water partition coefficient (Wildman–Crippen LogP) is 2.02. The van der Waals surface area contributed by atoms with E-state index in [1.54, 1.807) is 29.9 Å². The van der Waals surface area contributed by atoms with Crippen molar-refractivity contribution in [3.05, 3.63) is 29.7 Å². The first-order chi connectivity index (χ1) is 7.93. The maximum Gasteiger partial charge on any atom is 0.143 e. The molecule has 3 rings (SSSR count). The highest BCUT2D eigenvalue weighted by molar-refractivity contribution is 7.13. The second kappa shape index (κ2) is 4.27. The van der Waals surface area contributed by atoms with Gasteiger partial charge in [-0.1, -0.05) is 0 Å². The van der Waals surface area contributed by atoms with E-state index in [9.17, 15) is 0 Å². The molecule has 82 valence electrons. The lowest BCUT2D eigenvalue weighted by molar-refractivity contribution is 0.632. The van der Waals surface area contributed by atoms with Crippen LogP contribution in [0.4, 0.5) is 0 Å². The Balaban J connectivity index is 1.87. The zero-order valence-corrected chi connectivity index (χ0v) is 9.57. The molecule has 16 heavy (non-hydrogen) atoms. The summed E-state index contributed by atoms with van der Waals surface area (Å²) in [5.74, 6) is 0. The van der Waals surface area contributed by atoms with Crippen LogP contribution >= 0.6 is 11.3 Å². The Morgan fingerprint density at radius 1 is 1.38 bits per heavy atom. The molecule has 0 bridgehead atoms. The zero-order valence-electron chi connectivity index (χ0n) is 8.76. The smallest absolute Gasteiger partial charge is 0.143 e. The molecule has 0 aliphatic carbocycles. The van der Waals surface area contributed by atoms with Gasteiger partial charge in [0, 0.05) is 17.8 Å². The molecule has 0 radical (unpaired) electrons. The van der Waals surface area contributed by atoms with Crippen LogP contribution in [0.15, 0.2) is 24.0 Å². The van der Waals surface area contributed by atoms with Gasteiger partial charge in [-0.2, -0.15) is 0 Å². The number of nitrogens with zero attached hydrogens (tertiary/aromatic N) is 3. The van der Waals surface area contributed by atoms with Crippen molar-refractivity contribution in [2.75, 3.05) is 6.54 Å². The summed E-state index contributed by atoms with van der Waals surface area (Å²) in [5.41, 5.74) is 2.00. The maximum atomic E-state index is 4.62. The van der Waals surface area contributed by atoms with Crippen molar-refractivity contribution in [2.45, 2.75) is 18.9 Å². The Morgan fingerprint density at radius 2 is 2.38 bits per heavy atom. The van der Waals surface area contributed by atoms with Gasteiger partial charge >= 0.3 is 0 Å². The highest BCUT2D eigenvalue weighted by Gasteiger charge is 2.19. The van der Waals surface area contributed by atoms with E-state index in [0.717, 1.165) is 22.9 Å². The van der Waals surface area contributed by atoms with Gasteiger partial charge in [0.1, 0.15) is 10.7 Å². The molecule has 2 aromatic heterocycles. The SMILES string of the molecule is c1cnc(-c2nc(C3CCCN3)cs2)cn1. The van der Waals surface area contributed by atoms with Crippen LogP contribution in [0.2, 0.25) is 0 Å². The van der Waals surface area contributed by atoms with Crippen LogP contribution in [0.25, 0.3) is 10.7 Å².